The van der Waals surface area contributed by atoms with Crippen molar-refractivity contribution in [1.82, 2.24) is 5.32 Å². The molecule has 1 aromatic carbocycles. The van der Waals surface area contributed by atoms with Gasteiger partial charge in [-0.05, 0) is 30.0 Å². The van der Waals surface area contributed by atoms with E-state index in [0.717, 1.165) is 41.9 Å². The minimum Gasteiger partial charge on any atom is -0.493 e. The first-order valence-electron chi connectivity index (χ1n) is 6.85. The summed E-state index contributed by atoms with van der Waals surface area (Å²) in [6.45, 7) is 4.05. The number of aliphatic imine (C=N–C) groups is 1. The van der Waals surface area contributed by atoms with Crippen molar-refractivity contribution in [3.05, 3.63) is 23.8 Å². The second kappa shape index (κ2) is 7.43. The van der Waals surface area contributed by atoms with Gasteiger partial charge in [0, 0.05) is 18.8 Å². The quantitative estimate of drug-likeness (QED) is 0.906. The SMILES string of the molecule is COc1ccc(CCNC2=NCC(C)CS2)cc1OC. The first kappa shape index (κ1) is 15.0. The zero-order valence-electron chi connectivity index (χ0n) is 12.3. The third-order valence-electron chi connectivity index (χ3n) is 3.19. The lowest BCUT2D eigenvalue weighted by molar-refractivity contribution is 0.354. The molecule has 1 aromatic rings. The molecule has 0 bridgehead atoms. The molecule has 1 heterocycles. The van der Waals surface area contributed by atoms with Crippen LogP contribution in [0.5, 0.6) is 11.5 Å². The van der Waals surface area contributed by atoms with E-state index in [9.17, 15) is 0 Å². The molecule has 1 unspecified atom stereocenters. The van der Waals surface area contributed by atoms with Crippen molar-refractivity contribution in [2.45, 2.75) is 13.3 Å². The monoisotopic (exact) mass is 294 g/mol. The zero-order valence-corrected chi connectivity index (χ0v) is 13.1. The van der Waals surface area contributed by atoms with Crippen molar-refractivity contribution < 1.29 is 9.47 Å². The van der Waals surface area contributed by atoms with Gasteiger partial charge in [0.25, 0.3) is 0 Å². The molecule has 0 saturated carbocycles. The van der Waals surface area contributed by atoms with Crippen LogP contribution in [0, 0.1) is 5.92 Å². The molecule has 1 atom stereocenters. The highest BCUT2D eigenvalue weighted by atomic mass is 32.2. The number of thioether (sulfide) groups is 1. The summed E-state index contributed by atoms with van der Waals surface area (Å²) >= 11 is 1.81. The molecule has 0 aromatic heterocycles. The van der Waals surface area contributed by atoms with E-state index >= 15 is 0 Å². The fourth-order valence-electron chi connectivity index (χ4n) is 2.02. The van der Waals surface area contributed by atoms with E-state index in [1.807, 2.05) is 23.9 Å². The van der Waals surface area contributed by atoms with Crippen LogP contribution in [-0.2, 0) is 6.42 Å². The number of ether oxygens (including phenoxy) is 2. The van der Waals surface area contributed by atoms with Gasteiger partial charge >= 0.3 is 0 Å². The molecule has 0 aliphatic carbocycles. The summed E-state index contributed by atoms with van der Waals surface area (Å²) in [6, 6.07) is 6.04. The molecular weight excluding hydrogens is 272 g/mol. The minimum absolute atomic E-state index is 0.691. The lowest BCUT2D eigenvalue weighted by Gasteiger charge is -2.18. The van der Waals surface area contributed by atoms with Crippen molar-refractivity contribution in [1.29, 1.82) is 0 Å². The Morgan fingerprint density at radius 2 is 2.10 bits per heavy atom. The number of nitrogens with one attached hydrogen (secondary N) is 1. The summed E-state index contributed by atoms with van der Waals surface area (Å²) < 4.78 is 10.5. The molecule has 1 aliphatic rings. The van der Waals surface area contributed by atoms with Crippen LogP contribution < -0.4 is 14.8 Å². The standard InChI is InChI=1S/C15H22N2O2S/c1-11-9-17-15(20-10-11)16-7-6-12-4-5-13(18-2)14(8-12)19-3/h4-5,8,11H,6-7,9-10H2,1-3H3,(H,16,17). The summed E-state index contributed by atoms with van der Waals surface area (Å²) in [5.41, 5.74) is 1.23. The van der Waals surface area contributed by atoms with Crippen LogP contribution >= 0.6 is 11.8 Å². The third-order valence-corrected chi connectivity index (χ3v) is 4.47. The summed E-state index contributed by atoms with van der Waals surface area (Å²) in [5.74, 6) is 3.40. The van der Waals surface area contributed by atoms with Gasteiger partial charge in [0.15, 0.2) is 16.7 Å². The summed E-state index contributed by atoms with van der Waals surface area (Å²) in [4.78, 5) is 4.53. The molecule has 0 fully saturated rings. The molecule has 20 heavy (non-hydrogen) atoms. The van der Waals surface area contributed by atoms with Gasteiger partial charge in [0.05, 0.1) is 14.2 Å². The van der Waals surface area contributed by atoms with Crippen LogP contribution in [0.25, 0.3) is 0 Å². The Hall–Kier alpha value is -1.36. The van der Waals surface area contributed by atoms with Crippen LogP contribution in [0.4, 0.5) is 0 Å². The van der Waals surface area contributed by atoms with Crippen LogP contribution in [-0.4, -0.2) is 38.2 Å². The first-order chi connectivity index (χ1) is 9.72. The van der Waals surface area contributed by atoms with Gasteiger partial charge in [-0.2, -0.15) is 0 Å². The number of rotatable bonds is 5. The maximum absolute atomic E-state index is 5.31. The highest BCUT2D eigenvalue weighted by Gasteiger charge is 2.11. The van der Waals surface area contributed by atoms with Crippen molar-refractivity contribution in [3.63, 3.8) is 0 Å². The van der Waals surface area contributed by atoms with E-state index in [1.165, 1.54) is 5.56 Å². The maximum atomic E-state index is 5.31. The van der Waals surface area contributed by atoms with Gasteiger partial charge in [-0.1, -0.05) is 24.8 Å². The van der Waals surface area contributed by atoms with E-state index in [-0.39, 0.29) is 0 Å². The molecule has 110 valence electrons. The Kier molecular flexibility index (Phi) is 5.59. The number of benzene rings is 1. The fourth-order valence-corrected chi connectivity index (χ4v) is 2.93. The number of nitrogens with zero attached hydrogens (tertiary/aromatic N) is 1. The molecule has 0 radical (unpaired) electrons. The summed E-state index contributed by atoms with van der Waals surface area (Å²) in [6.07, 6.45) is 0.940. The van der Waals surface area contributed by atoms with E-state index in [4.69, 9.17) is 9.47 Å². The van der Waals surface area contributed by atoms with Gasteiger partial charge in [-0.15, -0.1) is 0 Å². The first-order valence-corrected chi connectivity index (χ1v) is 7.83. The number of methoxy groups -OCH3 is 2. The smallest absolute Gasteiger partial charge is 0.160 e. The number of amidine groups is 1. The molecule has 0 amide bonds. The predicted octanol–water partition coefficient (Wildman–Crippen LogP) is 2.57. The highest BCUT2D eigenvalue weighted by Crippen LogP contribution is 2.27. The minimum atomic E-state index is 0.691. The molecule has 0 spiro atoms. The van der Waals surface area contributed by atoms with Gasteiger partial charge in [0.2, 0.25) is 0 Å². The van der Waals surface area contributed by atoms with Gasteiger partial charge in [-0.25, -0.2) is 0 Å². The predicted molar refractivity (Wildman–Crippen MR) is 85.2 cm³/mol. The highest BCUT2D eigenvalue weighted by molar-refractivity contribution is 8.13. The zero-order chi connectivity index (χ0) is 14.4. The van der Waals surface area contributed by atoms with Gasteiger partial charge < -0.3 is 14.8 Å². The lowest BCUT2D eigenvalue weighted by atomic mass is 10.1. The van der Waals surface area contributed by atoms with Crippen molar-refractivity contribution in [2.24, 2.45) is 10.9 Å². The second-order valence-corrected chi connectivity index (χ2v) is 5.94. The van der Waals surface area contributed by atoms with Crippen LogP contribution in [0.2, 0.25) is 0 Å². The van der Waals surface area contributed by atoms with Crippen LogP contribution in [0.15, 0.2) is 23.2 Å². The largest absolute Gasteiger partial charge is 0.493 e. The number of hydrogen-bond acceptors (Lipinski definition) is 5. The van der Waals surface area contributed by atoms with E-state index in [2.05, 4.69) is 23.3 Å². The molecule has 5 heteroatoms. The molecule has 0 saturated heterocycles. The Bertz CT molecular complexity index is 477. The maximum Gasteiger partial charge on any atom is 0.160 e. The van der Waals surface area contributed by atoms with Crippen molar-refractivity contribution in [2.75, 3.05) is 33.1 Å². The van der Waals surface area contributed by atoms with E-state index in [0.29, 0.717) is 5.92 Å². The Morgan fingerprint density at radius 3 is 2.75 bits per heavy atom. The average Bonchev–Trinajstić information content (AvgIpc) is 2.49. The van der Waals surface area contributed by atoms with Crippen molar-refractivity contribution in [3.8, 4) is 11.5 Å². The number of hydrogen-bond donors (Lipinski definition) is 1. The fraction of sp³-hybridized carbons (Fsp3) is 0.533. The molecule has 1 aliphatic heterocycles. The molecule has 4 nitrogen and oxygen atoms in total. The van der Waals surface area contributed by atoms with Crippen molar-refractivity contribution >= 4 is 16.9 Å². The topological polar surface area (TPSA) is 42.8 Å². The lowest BCUT2D eigenvalue weighted by Crippen LogP contribution is -2.27. The van der Waals surface area contributed by atoms with Gasteiger partial charge in [-0.3, -0.25) is 4.99 Å². The second-order valence-electron chi connectivity index (χ2n) is 4.93. The Balaban J connectivity index is 1.85. The van der Waals surface area contributed by atoms with E-state index < -0.39 is 0 Å². The average molecular weight is 294 g/mol. The van der Waals surface area contributed by atoms with Gasteiger partial charge in [0.1, 0.15) is 0 Å². The molecule has 2 rings (SSSR count). The molecule has 1 N–H and O–H groups in total. The Labute approximate surface area is 125 Å². The van der Waals surface area contributed by atoms with E-state index in [1.54, 1.807) is 14.2 Å². The summed E-state index contributed by atoms with van der Waals surface area (Å²) in [7, 11) is 3.31. The normalized spacial score (nSPS) is 18.4. The van der Waals surface area contributed by atoms with Crippen LogP contribution in [0.1, 0.15) is 12.5 Å². The summed E-state index contributed by atoms with van der Waals surface area (Å²) in [5, 5.41) is 4.47. The Morgan fingerprint density at radius 1 is 1.30 bits per heavy atom. The molecular formula is C15H22N2O2S. The third kappa shape index (κ3) is 4.07. The van der Waals surface area contributed by atoms with Crippen LogP contribution in [0.3, 0.4) is 0 Å².